The Labute approximate surface area is 93.7 Å². The molecule has 14 heavy (non-hydrogen) atoms. The van der Waals surface area contributed by atoms with Crippen LogP contribution < -0.4 is 0 Å². The maximum Gasteiger partial charge on any atom is 0.0962 e. The molecule has 1 aromatic carbocycles. The maximum absolute atomic E-state index is 12.4. The lowest BCUT2D eigenvalue weighted by molar-refractivity contribution is 0.465. The second kappa shape index (κ2) is 5.50. The van der Waals surface area contributed by atoms with Crippen molar-refractivity contribution >= 4 is 15.9 Å². The Morgan fingerprint density at radius 3 is 2.71 bits per heavy atom. The first-order chi connectivity index (χ1) is 6.69. The van der Waals surface area contributed by atoms with Gasteiger partial charge >= 0.3 is 0 Å². The van der Waals surface area contributed by atoms with E-state index in [4.69, 9.17) is 0 Å². The topological polar surface area (TPSA) is 0 Å². The molecule has 0 fully saturated rings. The van der Waals surface area contributed by atoms with Gasteiger partial charge < -0.3 is 0 Å². The molecule has 1 atom stereocenters. The van der Waals surface area contributed by atoms with Crippen molar-refractivity contribution < 1.29 is 4.39 Å². The molecule has 0 N–H and O–H groups in total. The predicted molar refractivity (Wildman–Crippen MR) is 62.2 cm³/mol. The molecule has 0 aliphatic heterocycles. The van der Waals surface area contributed by atoms with Gasteiger partial charge in [-0.1, -0.05) is 41.4 Å². The molecule has 2 heteroatoms. The SMILES string of the molecule is [CH2]C(CF)c1ccc(CCC)c(Br)c1. The number of alkyl halides is 1. The number of hydrogen-bond acceptors (Lipinski definition) is 0. The zero-order valence-corrected chi connectivity index (χ0v) is 9.98. The van der Waals surface area contributed by atoms with Crippen molar-refractivity contribution in [1.82, 2.24) is 0 Å². The van der Waals surface area contributed by atoms with E-state index in [2.05, 4.69) is 35.8 Å². The highest BCUT2D eigenvalue weighted by Crippen LogP contribution is 2.24. The Morgan fingerprint density at radius 2 is 2.21 bits per heavy atom. The minimum atomic E-state index is -0.403. The lowest BCUT2D eigenvalue weighted by atomic mass is 10.00. The molecule has 0 aromatic heterocycles. The van der Waals surface area contributed by atoms with Gasteiger partial charge in [-0.3, -0.25) is 4.39 Å². The molecule has 0 aliphatic carbocycles. The van der Waals surface area contributed by atoms with E-state index >= 15 is 0 Å². The second-order valence-electron chi connectivity index (χ2n) is 3.45. The first kappa shape index (κ1) is 11.7. The van der Waals surface area contributed by atoms with Gasteiger partial charge in [0.2, 0.25) is 0 Å². The Kier molecular flexibility index (Phi) is 4.59. The van der Waals surface area contributed by atoms with E-state index in [0.717, 1.165) is 22.9 Å². The molecule has 0 spiro atoms. The van der Waals surface area contributed by atoms with Crippen LogP contribution in [0.3, 0.4) is 0 Å². The molecule has 1 radical (unpaired) electrons. The fourth-order valence-electron chi connectivity index (χ4n) is 1.38. The fraction of sp³-hybridized carbons (Fsp3) is 0.417. The molecule has 0 heterocycles. The zero-order valence-electron chi connectivity index (χ0n) is 8.39. The monoisotopic (exact) mass is 257 g/mol. The Hall–Kier alpha value is -0.370. The quantitative estimate of drug-likeness (QED) is 0.755. The third-order valence-corrected chi connectivity index (χ3v) is 2.99. The van der Waals surface area contributed by atoms with Crippen molar-refractivity contribution in [1.29, 1.82) is 0 Å². The van der Waals surface area contributed by atoms with Crippen LogP contribution in [0.5, 0.6) is 0 Å². The zero-order chi connectivity index (χ0) is 10.6. The molecule has 0 bridgehead atoms. The number of hydrogen-bond donors (Lipinski definition) is 0. The molecule has 0 nitrogen and oxygen atoms in total. The molecule has 0 saturated carbocycles. The van der Waals surface area contributed by atoms with Crippen molar-refractivity contribution in [3.8, 4) is 0 Å². The normalized spacial score (nSPS) is 12.9. The third-order valence-electron chi connectivity index (χ3n) is 2.25. The Balaban J connectivity index is 2.88. The van der Waals surface area contributed by atoms with Gasteiger partial charge in [-0.2, -0.15) is 0 Å². The standard InChI is InChI=1S/C12H15BrF/c1-3-4-10-5-6-11(7-12(10)13)9(2)8-14/h5-7,9H,2-4,8H2,1H3. The largest absolute Gasteiger partial charge is 0.250 e. The highest BCUT2D eigenvalue weighted by atomic mass is 79.9. The van der Waals surface area contributed by atoms with Gasteiger partial charge in [0.1, 0.15) is 0 Å². The number of rotatable bonds is 4. The molecule has 1 unspecified atom stereocenters. The Morgan fingerprint density at radius 1 is 1.50 bits per heavy atom. The average Bonchev–Trinajstić information content (AvgIpc) is 2.20. The highest BCUT2D eigenvalue weighted by Gasteiger charge is 2.07. The summed E-state index contributed by atoms with van der Waals surface area (Å²) in [4.78, 5) is 0. The number of benzene rings is 1. The van der Waals surface area contributed by atoms with E-state index in [0.29, 0.717) is 0 Å². The van der Waals surface area contributed by atoms with Gasteiger partial charge in [-0.05, 0) is 30.5 Å². The van der Waals surface area contributed by atoms with Gasteiger partial charge in [0.05, 0.1) is 6.67 Å². The molecule has 0 aliphatic rings. The lowest BCUT2D eigenvalue weighted by Crippen LogP contribution is -1.97. The molecule has 1 rings (SSSR count). The van der Waals surface area contributed by atoms with Crippen LogP contribution in [0.4, 0.5) is 4.39 Å². The summed E-state index contributed by atoms with van der Waals surface area (Å²) in [5.74, 6) is -0.248. The number of halogens is 2. The van der Waals surface area contributed by atoms with Crippen molar-refractivity contribution in [2.24, 2.45) is 0 Å². The molecular weight excluding hydrogens is 243 g/mol. The first-order valence-electron chi connectivity index (χ1n) is 4.86. The summed E-state index contributed by atoms with van der Waals surface area (Å²) in [6.07, 6.45) is 2.17. The van der Waals surface area contributed by atoms with Crippen LogP contribution in [0.15, 0.2) is 22.7 Å². The van der Waals surface area contributed by atoms with E-state index < -0.39 is 6.67 Å². The lowest BCUT2D eigenvalue weighted by Gasteiger charge is -2.10. The van der Waals surface area contributed by atoms with Crippen LogP contribution in [0, 0.1) is 6.92 Å². The summed E-state index contributed by atoms with van der Waals surface area (Å²) < 4.78 is 13.4. The summed E-state index contributed by atoms with van der Waals surface area (Å²) in [5, 5.41) is 0. The van der Waals surface area contributed by atoms with Gasteiger partial charge in [0.25, 0.3) is 0 Å². The minimum absolute atomic E-state index is 0.248. The summed E-state index contributed by atoms with van der Waals surface area (Å²) in [6, 6.07) is 5.99. The van der Waals surface area contributed by atoms with Crippen molar-refractivity contribution in [3.05, 3.63) is 40.7 Å². The van der Waals surface area contributed by atoms with E-state index in [9.17, 15) is 4.39 Å². The molecule has 0 saturated heterocycles. The molecular formula is C12H15BrF. The van der Waals surface area contributed by atoms with Gasteiger partial charge in [-0.25, -0.2) is 0 Å². The van der Waals surface area contributed by atoms with E-state index in [1.807, 2.05) is 12.1 Å². The van der Waals surface area contributed by atoms with Crippen LogP contribution in [0.1, 0.15) is 30.4 Å². The smallest absolute Gasteiger partial charge is 0.0962 e. The Bertz CT molecular complexity index is 296. The molecule has 77 valence electrons. The van der Waals surface area contributed by atoms with E-state index in [-0.39, 0.29) is 5.92 Å². The van der Waals surface area contributed by atoms with Crippen molar-refractivity contribution in [3.63, 3.8) is 0 Å². The van der Waals surface area contributed by atoms with Crippen LogP contribution in [0.25, 0.3) is 0 Å². The summed E-state index contributed by atoms with van der Waals surface area (Å²) in [7, 11) is 0. The van der Waals surface area contributed by atoms with Gasteiger partial charge in [0.15, 0.2) is 0 Å². The highest BCUT2D eigenvalue weighted by molar-refractivity contribution is 9.10. The summed E-state index contributed by atoms with van der Waals surface area (Å²) in [6.45, 7) is 5.49. The predicted octanol–water partition coefficient (Wildman–Crippen LogP) is 4.29. The van der Waals surface area contributed by atoms with E-state index in [1.54, 1.807) is 0 Å². The van der Waals surface area contributed by atoms with Crippen LogP contribution in [-0.2, 0) is 6.42 Å². The minimum Gasteiger partial charge on any atom is -0.250 e. The molecule has 1 aromatic rings. The van der Waals surface area contributed by atoms with E-state index in [1.165, 1.54) is 5.56 Å². The van der Waals surface area contributed by atoms with Crippen molar-refractivity contribution in [2.75, 3.05) is 6.67 Å². The van der Waals surface area contributed by atoms with Crippen molar-refractivity contribution in [2.45, 2.75) is 25.7 Å². The first-order valence-corrected chi connectivity index (χ1v) is 5.65. The third kappa shape index (κ3) is 2.81. The maximum atomic E-state index is 12.4. The average molecular weight is 258 g/mol. The van der Waals surface area contributed by atoms with Crippen LogP contribution in [-0.4, -0.2) is 6.67 Å². The fourth-order valence-corrected chi connectivity index (χ4v) is 1.97. The summed E-state index contributed by atoms with van der Waals surface area (Å²) in [5.41, 5.74) is 2.24. The van der Waals surface area contributed by atoms with Crippen LogP contribution in [0.2, 0.25) is 0 Å². The second-order valence-corrected chi connectivity index (χ2v) is 4.31. The molecule has 0 amide bonds. The van der Waals surface area contributed by atoms with Gasteiger partial charge in [-0.15, -0.1) is 0 Å². The van der Waals surface area contributed by atoms with Crippen LogP contribution >= 0.6 is 15.9 Å². The summed E-state index contributed by atoms with van der Waals surface area (Å²) >= 11 is 3.50. The van der Waals surface area contributed by atoms with Gasteiger partial charge in [0, 0.05) is 10.4 Å². The number of aryl methyl sites for hydroxylation is 1.